The largest absolute Gasteiger partial charge is 0.441 e. The normalized spacial score (nSPS) is 14.3. The summed E-state index contributed by atoms with van der Waals surface area (Å²) in [5, 5.41) is 0. The van der Waals surface area contributed by atoms with Crippen molar-refractivity contribution in [3.05, 3.63) is 59.2 Å². The van der Waals surface area contributed by atoms with E-state index in [1.165, 1.54) is 17.2 Å². The first-order valence-corrected chi connectivity index (χ1v) is 10.1. The van der Waals surface area contributed by atoms with Gasteiger partial charge in [0, 0.05) is 36.7 Å². The van der Waals surface area contributed by atoms with Gasteiger partial charge in [-0.05, 0) is 23.8 Å². The van der Waals surface area contributed by atoms with E-state index in [0.29, 0.717) is 17.7 Å². The van der Waals surface area contributed by atoms with Crippen molar-refractivity contribution in [2.24, 2.45) is 5.41 Å². The molecule has 0 saturated carbocycles. The van der Waals surface area contributed by atoms with Crippen LogP contribution < -0.4 is 0 Å². The van der Waals surface area contributed by atoms with Crippen LogP contribution in [-0.4, -0.2) is 34.0 Å². The molecule has 0 bridgehead atoms. The molecule has 0 atom stereocenters. The lowest BCUT2D eigenvalue weighted by atomic mass is 9.88. The number of carbonyl (C=O) groups excluding carboxylic acids is 1. The molecule has 1 amide bonds. The van der Waals surface area contributed by atoms with Gasteiger partial charge in [0.05, 0.1) is 17.3 Å². The standard InChI is InChI=1S/C23H20F5N3O2/c1-22(2,23(26,27)28)9-18-29-10-17(33-18)14-6-7-16(20(24)25)30-19(14)12-4-5-13-11-31(3)21(32)15(13)8-12/h4-8,10,20H,9,11H2,1-3H3. The van der Waals surface area contributed by atoms with Crippen molar-refractivity contribution in [3.63, 3.8) is 0 Å². The Morgan fingerprint density at radius 2 is 1.85 bits per heavy atom. The molecule has 0 spiro atoms. The van der Waals surface area contributed by atoms with E-state index in [1.807, 2.05) is 0 Å². The molecule has 0 saturated heterocycles. The number of carbonyl (C=O) groups is 1. The Hall–Kier alpha value is -3.30. The molecule has 0 fully saturated rings. The number of halogens is 5. The van der Waals surface area contributed by atoms with Crippen molar-refractivity contribution in [2.45, 2.75) is 39.4 Å². The van der Waals surface area contributed by atoms with E-state index in [-0.39, 0.29) is 28.8 Å². The predicted octanol–water partition coefficient (Wildman–Crippen LogP) is 6.06. The zero-order chi connectivity index (χ0) is 24.1. The predicted molar refractivity (Wildman–Crippen MR) is 109 cm³/mol. The fourth-order valence-corrected chi connectivity index (χ4v) is 3.60. The lowest BCUT2D eigenvalue weighted by molar-refractivity contribution is -0.212. The molecule has 0 unspecified atom stereocenters. The molecule has 0 N–H and O–H groups in total. The first-order chi connectivity index (χ1) is 15.4. The van der Waals surface area contributed by atoms with Crippen LogP contribution in [0.5, 0.6) is 0 Å². The number of aromatic nitrogens is 2. The number of amides is 1. The molecule has 1 aliphatic heterocycles. The number of benzene rings is 1. The first-order valence-electron chi connectivity index (χ1n) is 10.1. The second kappa shape index (κ2) is 7.93. The molecular formula is C23H20F5N3O2. The zero-order valence-electron chi connectivity index (χ0n) is 18.0. The van der Waals surface area contributed by atoms with Crippen LogP contribution in [0.3, 0.4) is 0 Å². The number of hydrogen-bond acceptors (Lipinski definition) is 4. The molecule has 174 valence electrons. The second-order valence-electron chi connectivity index (χ2n) is 8.64. The molecule has 1 aliphatic rings. The van der Waals surface area contributed by atoms with Crippen LogP contribution in [0.15, 0.2) is 40.9 Å². The third-order valence-electron chi connectivity index (χ3n) is 5.69. The van der Waals surface area contributed by atoms with Crippen molar-refractivity contribution in [3.8, 4) is 22.6 Å². The van der Waals surface area contributed by atoms with Gasteiger partial charge in [-0.1, -0.05) is 26.0 Å². The smallest absolute Gasteiger partial charge is 0.394 e. The molecule has 33 heavy (non-hydrogen) atoms. The van der Waals surface area contributed by atoms with Gasteiger partial charge in [-0.3, -0.25) is 4.79 Å². The number of rotatable bonds is 5. The maximum Gasteiger partial charge on any atom is 0.394 e. The van der Waals surface area contributed by atoms with Gasteiger partial charge in [0.15, 0.2) is 11.7 Å². The van der Waals surface area contributed by atoms with Crippen LogP contribution in [0.4, 0.5) is 22.0 Å². The van der Waals surface area contributed by atoms with Gasteiger partial charge < -0.3 is 9.32 Å². The van der Waals surface area contributed by atoms with Crippen LogP contribution in [0.1, 0.15) is 47.8 Å². The summed E-state index contributed by atoms with van der Waals surface area (Å²) >= 11 is 0. The van der Waals surface area contributed by atoms with Gasteiger partial charge in [0.2, 0.25) is 0 Å². The summed E-state index contributed by atoms with van der Waals surface area (Å²) in [5.41, 5.74) is -0.497. The Morgan fingerprint density at radius 3 is 2.52 bits per heavy atom. The van der Waals surface area contributed by atoms with Gasteiger partial charge in [-0.25, -0.2) is 18.7 Å². The van der Waals surface area contributed by atoms with Crippen LogP contribution in [-0.2, 0) is 13.0 Å². The minimum atomic E-state index is -4.46. The van der Waals surface area contributed by atoms with Crippen LogP contribution >= 0.6 is 0 Å². The minimum Gasteiger partial charge on any atom is -0.441 e. The number of fused-ring (bicyclic) bond motifs is 1. The quantitative estimate of drug-likeness (QED) is 0.430. The Bertz CT molecular complexity index is 1220. The topological polar surface area (TPSA) is 59.2 Å². The van der Waals surface area contributed by atoms with Crippen LogP contribution in [0.25, 0.3) is 22.6 Å². The third-order valence-corrected chi connectivity index (χ3v) is 5.69. The fraction of sp³-hybridized carbons (Fsp3) is 0.348. The molecule has 3 heterocycles. The Kier molecular flexibility index (Phi) is 5.50. The second-order valence-corrected chi connectivity index (χ2v) is 8.64. The van der Waals surface area contributed by atoms with Crippen LogP contribution in [0.2, 0.25) is 0 Å². The number of pyridine rings is 1. The Balaban J connectivity index is 1.77. The fourth-order valence-electron chi connectivity index (χ4n) is 3.60. The van der Waals surface area contributed by atoms with Crippen molar-refractivity contribution in [1.82, 2.24) is 14.9 Å². The lowest BCUT2D eigenvalue weighted by Crippen LogP contribution is -2.34. The molecule has 3 aromatic rings. The summed E-state index contributed by atoms with van der Waals surface area (Å²) in [7, 11) is 1.65. The molecule has 1 aromatic carbocycles. The summed E-state index contributed by atoms with van der Waals surface area (Å²) in [6.07, 6.45) is -6.54. The SMILES string of the molecule is CN1Cc2ccc(-c3nc(C(F)F)ccc3-c3cnc(CC(C)(C)C(F)(F)F)o3)cc2C1=O. The molecule has 10 heteroatoms. The van der Waals surface area contributed by atoms with E-state index >= 15 is 0 Å². The van der Waals surface area contributed by atoms with Crippen molar-refractivity contribution >= 4 is 5.91 Å². The van der Waals surface area contributed by atoms with Gasteiger partial charge in [0.1, 0.15) is 5.69 Å². The molecule has 0 radical (unpaired) electrons. The molecule has 0 aliphatic carbocycles. The summed E-state index contributed by atoms with van der Waals surface area (Å²) in [5.74, 6) is -0.244. The first kappa shape index (κ1) is 22.9. The molecule has 4 rings (SSSR count). The van der Waals surface area contributed by atoms with E-state index in [0.717, 1.165) is 25.5 Å². The van der Waals surface area contributed by atoms with E-state index in [2.05, 4.69) is 9.97 Å². The molecular weight excluding hydrogens is 445 g/mol. The number of oxazole rings is 1. The highest BCUT2D eigenvalue weighted by Crippen LogP contribution is 2.41. The average molecular weight is 465 g/mol. The number of hydrogen-bond donors (Lipinski definition) is 0. The van der Waals surface area contributed by atoms with Crippen molar-refractivity contribution < 1.29 is 31.2 Å². The number of alkyl halides is 5. The van der Waals surface area contributed by atoms with E-state index in [1.54, 1.807) is 25.2 Å². The zero-order valence-corrected chi connectivity index (χ0v) is 18.0. The van der Waals surface area contributed by atoms with Crippen molar-refractivity contribution in [2.75, 3.05) is 7.05 Å². The number of nitrogens with zero attached hydrogens (tertiary/aromatic N) is 3. The molecule has 5 nitrogen and oxygen atoms in total. The maximum atomic E-state index is 13.4. The van der Waals surface area contributed by atoms with E-state index < -0.39 is 30.1 Å². The molecule has 2 aromatic heterocycles. The third kappa shape index (κ3) is 4.21. The Morgan fingerprint density at radius 1 is 1.12 bits per heavy atom. The van der Waals surface area contributed by atoms with Crippen molar-refractivity contribution in [1.29, 1.82) is 0 Å². The van der Waals surface area contributed by atoms with Gasteiger partial charge in [-0.15, -0.1) is 0 Å². The summed E-state index contributed by atoms with van der Waals surface area (Å²) in [6.45, 7) is 2.52. The average Bonchev–Trinajstić information content (AvgIpc) is 3.30. The maximum absolute atomic E-state index is 13.4. The van der Waals surface area contributed by atoms with Crippen LogP contribution in [0, 0.1) is 5.41 Å². The summed E-state index contributed by atoms with van der Waals surface area (Å²) in [4.78, 5) is 22.0. The highest BCUT2D eigenvalue weighted by atomic mass is 19.4. The van der Waals surface area contributed by atoms with Gasteiger partial charge in [-0.2, -0.15) is 13.2 Å². The summed E-state index contributed by atoms with van der Waals surface area (Å²) in [6, 6.07) is 7.45. The highest BCUT2D eigenvalue weighted by molar-refractivity contribution is 5.99. The van der Waals surface area contributed by atoms with E-state index in [9.17, 15) is 26.7 Å². The van der Waals surface area contributed by atoms with E-state index in [4.69, 9.17) is 4.42 Å². The lowest BCUT2D eigenvalue weighted by Gasteiger charge is -2.25. The Labute approximate surface area is 186 Å². The van der Waals surface area contributed by atoms with Gasteiger partial charge >= 0.3 is 6.18 Å². The van der Waals surface area contributed by atoms with Gasteiger partial charge in [0.25, 0.3) is 12.3 Å². The minimum absolute atomic E-state index is 0.0928. The summed E-state index contributed by atoms with van der Waals surface area (Å²) < 4.78 is 72.0. The monoisotopic (exact) mass is 465 g/mol. The highest BCUT2D eigenvalue weighted by Gasteiger charge is 2.48.